The van der Waals surface area contributed by atoms with E-state index >= 15 is 8.78 Å². The second-order valence-corrected chi connectivity index (χ2v) is 12.9. The number of hydrogen-bond donors (Lipinski definition) is 3. The van der Waals surface area contributed by atoms with Crippen molar-refractivity contribution in [3.8, 4) is 17.3 Å². The summed E-state index contributed by atoms with van der Waals surface area (Å²) in [5.74, 6) is 0.370. The number of morpholine rings is 1. The van der Waals surface area contributed by atoms with Gasteiger partial charge in [0.05, 0.1) is 26.4 Å². The highest BCUT2D eigenvalue weighted by Crippen LogP contribution is 2.44. The number of nitrogens with one attached hydrogen (secondary N) is 3. The highest BCUT2D eigenvalue weighted by atomic mass is 19.1. The molecule has 50 heavy (non-hydrogen) atoms. The molecule has 0 spiro atoms. The van der Waals surface area contributed by atoms with Gasteiger partial charge in [0.2, 0.25) is 0 Å². The van der Waals surface area contributed by atoms with E-state index in [4.69, 9.17) is 24.5 Å². The molecule has 3 fully saturated rings. The Balaban J connectivity index is 1.32. The number of aromatic nitrogens is 6. The predicted octanol–water partition coefficient (Wildman–Crippen LogP) is 6.08. The van der Waals surface area contributed by atoms with Crippen molar-refractivity contribution in [2.75, 3.05) is 48.4 Å². The zero-order chi connectivity index (χ0) is 34.6. The molecule has 7 rings (SSSR count). The van der Waals surface area contributed by atoms with E-state index in [0.717, 1.165) is 49.8 Å². The Labute approximate surface area is 289 Å². The highest BCUT2D eigenvalue weighted by Gasteiger charge is 2.34. The number of anilines is 4. The van der Waals surface area contributed by atoms with E-state index in [0.29, 0.717) is 61.7 Å². The van der Waals surface area contributed by atoms with Crippen molar-refractivity contribution in [3.63, 3.8) is 0 Å². The van der Waals surface area contributed by atoms with Crippen LogP contribution < -0.4 is 25.6 Å². The molecule has 3 aliphatic rings. The molecule has 1 saturated heterocycles. The fourth-order valence-corrected chi connectivity index (χ4v) is 6.79. The fraction of sp³-hybridized carbons (Fsp3) is 0.486. The van der Waals surface area contributed by atoms with E-state index in [1.54, 1.807) is 23.9 Å². The lowest BCUT2D eigenvalue weighted by Crippen LogP contribution is -2.41. The molecule has 1 aromatic carbocycles. The van der Waals surface area contributed by atoms with Crippen molar-refractivity contribution in [3.05, 3.63) is 59.2 Å². The maximum Gasteiger partial charge on any atom is 0.320 e. The molecule has 3 N–H and O–H groups in total. The van der Waals surface area contributed by atoms with Crippen LogP contribution in [0.3, 0.4) is 0 Å². The molecule has 4 aromatic rings. The van der Waals surface area contributed by atoms with Crippen molar-refractivity contribution < 1.29 is 23.0 Å². The average Bonchev–Trinajstić information content (AvgIpc) is 3.89. The van der Waals surface area contributed by atoms with Crippen LogP contribution in [-0.2, 0) is 11.3 Å². The van der Waals surface area contributed by atoms with Gasteiger partial charge in [-0.1, -0.05) is 19.3 Å². The van der Waals surface area contributed by atoms with Crippen molar-refractivity contribution in [1.82, 2.24) is 35.0 Å². The topological polar surface area (TPSA) is 144 Å². The van der Waals surface area contributed by atoms with Gasteiger partial charge in [-0.05, 0) is 45.6 Å². The molecular formula is C35H42F2N10O3. The van der Waals surface area contributed by atoms with Crippen LogP contribution in [0.4, 0.5) is 36.7 Å². The Morgan fingerprint density at radius 1 is 1.04 bits per heavy atom. The first-order valence-electron chi connectivity index (χ1n) is 17.4. The van der Waals surface area contributed by atoms with Gasteiger partial charge in [-0.15, -0.1) is 0 Å². The molecule has 0 unspecified atom stereocenters. The standard InChI is InChI=1S/C35H42F2N10O3/c1-3-50-24-17-26(36)25(27(37)18-24)19-47-30(22-9-10-22)21(2)29(45-47)32-42-33(41-28-11-12-38-20-39-28)31(46-13-15-49-16-14-46)34(43-32)44-35(48)40-23-7-5-4-6-8-23/h11-12,17-18,20,22-23H,3-10,13-16,19H2,1-2H3,(H3,38,39,40,41,42,43,44,48). The summed E-state index contributed by atoms with van der Waals surface area (Å²) in [6, 6.07) is 3.85. The molecule has 13 nitrogen and oxygen atoms in total. The summed E-state index contributed by atoms with van der Waals surface area (Å²) < 4.78 is 43.2. The number of amides is 2. The minimum atomic E-state index is -0.706. The second kappa shape index (κ2) is 14.9. The zero-order valence-electron chi connectivity index (χ0n) is 28.3. The minimum Gasteiger partial charge on any atom is -0.494 e. The van der Waals surface area contributed by atoms with Crippen LogP contribution in [-0.4, -0.2) is 74.7 Å². The molecule has 2 amide bonds. The summed E-state index contributed by atoms with van der Waals surface area (Å²) >= 11 is 0. The molecule has 15 heteroatoms. The number of hydrogen-bond acceptors (Lipinski definition) is 10. The molecule has 2 aliphatic carbocycles. The number of benzene rings is 1. The van der Waals surface area contributed by atoms with E-state index in [9.17, 15) is 4.79 Å². The predicted molar refractivity (Wildman–Crippen MR) is 184 cm³/mol. The first-order chi connectivity index (χ1) is 24.4. The molecule has 0 atom stereocenters. The molecule has 2 saturated carbocycles. The maximum atomic E-state index is 15.3. The number of nitrogens with zero attached hydrogens (tertiary/aromatic N) is 7. The Kier molecular flexibility index (Phi) is 10.0. The second-order valence-electron chi connectivity index (χ2n) is 12.9. The van der Waals surface area contributed by atoms with Crippen LogP contribution in [0.1, 0.15) is 74.6 Å². The molecule has 4 heterocycles. The van der Waals surface area contributed by atoms with Crippen LogP contribution in [0.2, 0.25) is 0 Å². The molecule has 264 valence electrons. The molecule has 1 aliphatic heterocycles. The SMILES string of the molecule is CCOc1cc(F)c(Cn2nc(-c3nc(NC(=O)NC4CCCCC4)c(N4CCOCC4)c(Nc4ccncn4)n3)c(C)c2C2CC2)c(F)c1. The van der Waals surface area contributed by atoms with Gasteiger partial charge in [0, 0.05) is 60.2 Å². The van der Waals surface area contributed by atoms with Gasteiger partial charge < -0.3 is 25.0 Å². The van der Waals surface area contributed by atoms with Gasteiger partial charge in [-0.3, -0.25) is 10.00 Å². The van der Waals surface area contributed by atoms with Crippen molar-refractivity contribution in [2.24, 2.45) is 0 Å². The van der Waals surface area contributed by atoms with Gasteiger partial charge in [0.25, 0.3) is 0 Å². The van der Waals surface area contributed by atoms with Crippen LogP contribution in [0, 0.1) is 18.6 Å². The molecule has 3 aromatic heterocycles. The van der Waals surface area contributed by atoms with Crippen LogP contribution in [0.15, 0.2) is 30.7 Å². The van der Waals surface area contributed by atoms with E-state index in [-0.39, 0.29) is 41.7 Å². The Hall–Kier alpha value is -4.92. The van der Waals surface area contributed by atoms with Crippen molar-refractivity contribution in [2.45, 2.75) is 77.3 Å². The highest BCUT2D eigenvalue weighted by molar-refractivity contribution is 5.95. The molecule has 0 bridgehead atoms. The number of halogens is 2. The van der Waals surface area contributed by atoms with Crippen LogP contribution in [0.5, 0.6) is 5.75 Å². The lowest BCUT2D eigenvalue weighted by Gasteiger charge is -2.31. The van der Waals surface area contributed by atoms with Gasteiger partial charge in [-0.2, -0.15) is 5.10 Å². The smallest absolute Gasteiger partial charge is 0.320 e. The number of carbonyl (C=O) groups excluding carboxylic acids is 1. The lowest BCUT2D eigenvalue weighted by molar-refractivity contribution is 0.123. The summed E-state index contributed by atoms with van der Waals surface area (Å²) in [4.78, 5) is 33.9. The van der Waals surface area contributed by atoms with E-state index in [1.165, 1.54) is 24.9 Å². The lowest BCUT2D eigenvalue weighted by atomic mass is 9.96. The third-order valence-corrected chi connectivity index (χ3v) is 9.36. The van der Waals surface area contributed by atoms with Gasteiger partial charge in [0.1, 0.15) is 40.9 Å². The summed E-state index contributed by atoms with van der Waals surface area (Å²) in [7, 11) is 0. The number of ether oxygens (including phenoxy) is 2. The summed E-state index contributed by atoms with van der Waals surface area (Å²) in [6.45, 7) is 5.96. The summed E-state index contributed by atoms with van der Waals surface area (Å²) in [5.41, 5.74) is 2.62. The first-order valence-corrected chi connectivity index (χ1v) is 17.4. The number of rotatable bonds is 11. The Bertz CT molecular complexity index is 1800. The van der Waals surface area contributed by atoms with Crippen LogP contribution in [0.25, 0.3) is 11.5 Å². The quantitative estimate of drug-likeness (QED) is 0.170. The maximum absolute atomic E-state index is 15.3. The van der Waals surface area contributed by atoms with Gasteiger partial charge in [0.15, 0.2) is 17.5 Å². The van der Waals surface area contributed by atoms with Gasteiger partial charge >= 0.3 is 6.03 Å². The fourth-order valence-electron chi connectivity index (χ4n) is 6.79. The Morgan fingerprint density at radius 2 is 1.78 bits per heavy atom. The summed E-state index contributed by atoms with van der Waals surface area (Å²) in [6.07, 6.45) is 10.1. The van der Waals surface area contributed by atoms with Crippen molar-refractivity contribution in [1.29, 1.82) is 0 Å². The zero-order valence-corrected chi connectivity index (χ0v) is 28.3. The average molecular weight is 689 g/mol. The normalized spacial score (nSPS) is 16.7. The van der Waals surface area contributed by atoms with E-state index in [2.05, 4.69) is 30.8 Å². The first kappa shape index (κ1) is 33.6. The molecular weight excluding hydrogens is 646 g/mol. The largest absolute Gasteiger partial charge is 0.494 e. The van der Waals surface area contributed by atoms with Crippen molar-refractivity contribution >= 4 is 29.2 Å². The van der Waals surface area contributed by atoms with Gasteiger partial charge in [-0.25, -0.2) is 33.5 Å². The third kappa shape index (κ3) is 7.47. The van der Waals surface area contributed by atoms with E-state index in [1.807, 2.05) is 6.92 Å². The monoisotopic (exact) mass is 688 g/mol. The van der Waals surface area contributed by atoms with Crippen LogP contribution >= 0.6 is 0 Å². The third-order valence-electron chi connectivity index (χ3n) is 9.36. The summed E-state index contributed by atoms with van der Waals surface area (Å²) in [5, 5.41) is 14.4. The Morgan fingerprint density at radius 3 is 2.46 bits per heavy atom. The number of carbonyl (C=O) groups is 1. The van der Waals surface area contributed by atoms with E-state index < -0.39 is 11.6 Å². The minimum absolute atomic E-state index is 0.0814. The molecule has 0 radical (unpaired) electrons. The number of urea groups is 1.